The summed E-state index contributed by atoms with van der Waals surface area (Å²) in [6.07, 6.45) is -4.50. The van der Waals surface area contributed by atoms with E-state index in [1.54, 1.807) is 0 Å². The Morgan fingerprint density at radius 1 is 1.00 bits per heavy atom. The number of hydrogen-bond donors (Lipinski definition) is 2. The maximum Gasteiger partial charge on any atom is 0.394 e. The Balaban J connectivity index is 1.43. The summed E-state index contributed by atoms with van der Waals surface area (Å²) in [5.74, 6) is -1.01. The molecule has 2 aromatic rings. The van der Waals surface area contributed by atoms with Crippen LogP contribution in [-0.4, -0.2) is 17.6 Å². The number of halogens is 4. The number of alkyl halides is 3. The van der Waals surface area contributed by atoms with Crippen LogP contribution in [0.2, 0.25) is 0 Å². The third-order valence-electron chi connectivity index (χ3n) is 6.24. The van der Waals surface area contributed by atoms with Crippen LogP contribution in [0, 0.1) is 11.2 Å². The van der Waals surface area contributed by atoms with Crippen molar-refractivity contribution in [3.05, 3.63) is 59.4 Å². The number of nitrogens with one attached hydrogen (secondary N) is 2. The zero-order valence-electron chi connectivity index (χ0n) is 17.5. The predicted octanol–water partition coefficient (Wildman–Crippen LogP) is 6.46. The van der Waals surface area contributed by atoms with E-state index in [2.05, 4.69) is 30.8 Å². The highest BCUT2D eigenvalue weighted by molar-refractivity contribution is 8.00. The van der Waals surface area contributed by atoms with Crippen LogP contribution in [0.4, 0.5) is 23.2 Å². The van der Waals surface area contributed by atoms with Crippen molar-refractivity contribution in [1.82, 2.24) is 5.32 Å². The highest BCUT2D eigenvalue weighted by atomic mass is 32.2. The second-order valence-electron chi connectivity index (χ2n) is 9.71. The summed E-state index contributed by atoms with van der Waals surface area (Å²) in [7, 11) is 0. The average Bonchev–Trinajstić information content (AvgIpc) is 2.60. The van der Waals surface area contributed by atoms with Gasteiger partial charge in [-0.1, -0.05) is 32.9 Å². The van der Waals surface area contributed by atoms with Crippen LogP contribution in [0.3, 0.4) is 0 Å². The minimum Gasteiger partial charge on any atom is -0.346 e. The van der Waals surface area contributed by atoms with Crippen molar-refractivity contribution in [2.75, 3.05) is 4.72 Å². The highest BCUT2D eigenvalue weighted by Gasteiger charge is 2.79. The SMILES string of the molecule is CC(C)(C)c1ccc(SNc2cc(F)ccc2C(=O)NC23CC(C(F)(F)F)(C2)C3)cc1. The van der Waals surface area contributed by atoms with E-state index < -0.39 is 28.9 Å². The Bertz CT molecular complexity index is 992. The standard InChI is InChI=1S/C23H24F4N2OS/c1-20(2,3)14-4-7-16(8-5-14)31-29-18-10-15(24)6-9-17(18)19(30)28-22-11-21(12-22,13-22)23(25,26)27/h4-10,29H,11-13H2,1-3H3,(H,28,30). The smallest absolute Gasteiger partial charge is 0.346 e. The van der Waals surface area contributed by atoms with Gasteiger partial charge in [-0.2, -0.15) is 13.2 Å². The summed E-state index contributed by atoms with van der Waals surface area (Å²) in [6, 6.07) is 11.6. The Hall–Kier alpha value is -2.22. The molecular formula is C23H24F4N2OS. The fourth-order valence-corrected chi connectivity index (χ4v) is 5.13. The monoisotopic (exact) mass is 452 g/mol. The molecule has 2 bridgehead atoms. The van der Waals surface area contributed by atoms with Gasteiger partial charge in [0, 0.05) is 10.4 Å². The molecule has 3 aliphatic rings. The van der Waals surface area contributed by atoms with Gasteiger partial charge in [-0.3, -0.25) is 4.79 Å². The molecule has 0 aliphatic heterocycles. The van der Waals surface area contributed by atoms with Gasteiger partial charge in [0.1, 0.15) is 5.82 Å². The molecule has 0 aromatic heterocycles. The number of anilines is 1. The average molecular weight is 453 g/mol. The molecule has 3 nitrogen and oxygen atoms in total. The number of rotatable bonds is 5. The van der Waals surface area contributed by atoms with Gasteiger partial charge in [0.2, 0.25) is 0 Å². The number of hydrogen-bond acceptors (Lipinski definition) is 3. The van der Waals surface area contributed by atoms with E-state index in [1.807, 2.05) is 24.3 Å². The van der Waals surface area contributed by atoms with Gasteiger partial charge >= 0.3 is 6.18 Å². The van der Waals surface area contributed by atoms with Crippen molar-refractivity contribution in [2.45, 2.75) is 62.1 Å². The van der Waals surface area contributed by atoms with Crippen LogP contribution in [0.1, 0.15) is 56.0 Å². The molecule has 3 fully saturated rings. The summed E-state index contributed by atoms with van der Waals surface area (Å²) in [6.45, 7) is 6.36. The van der Waals surface area contributed by atoms with Crippen LogP contribution in [0.5, 0.6) is 0 Å². The molecule has 166 valence electrons. The zero-order valence-corrected chi connectivity index (χ0v) is 18.3. The quantitative estimate of drug-likeness (QED) is 0.404. The van der Waals surface area contributed by atoms with E-state index in [-0.39, 0.29) is 35.9 Å². The third-order valence-corrected chi connectivity index (χ3v) is 7.07. The molecule has 0 spiro atoms. The Morgan fingerprint density at radius 3 is 2.16 bits per heavy atom. The van der Waals surface area contributed by atoms with Gasteiger partial charge < -0.3 is 10.0 Å². The lowest BCUT2D eigenvalue weighted by atomic mass is 9.39. The molecule has 3 saturated carbocycles. The number of carbonyl (C=O) groups excluding carboxylic acids is 1. The highest BCUT2D eigenvalue weighted by Crippen LogP contribution is 2.73. The molecule has 1 amide bonds. The number of amides is 1. The van der Waals surface area contributed by atoms with E-state index in [4.69, 9.17) is 0 Å². The molecule has 0 unspecified atom stereocenters. The molecular weight excluding hydrogens is 428 g/mol. The van der Waals surface area contributed by atoms with Gasteiger partial charge in [0.05, 0.1) is 16.7 Å². The van der Waals surface area contributed by atoms with E-state index >= 15 is 0 Å². The largest absolute Gasteiger partial charge is 0.394 e. The van der Waals surface area contributed by atoms with E-state index in [0.29, 0.717) is 0 Å². The van der Waals surface area contributed by atoms with E-state index in [1.165, 1.54) is 35.7 Å². The molecule has 2 aromatic carbocycles. The first-order valence-corrected chi connectivity index (χ1v) is 10.9. The van der Waals surface area contributed by atoms with Gasteiger partial charge in [0.25, 0.3) is 5.91 Å². The van der Waals surface area contributed by atoms with Crippen LogP contribution in [-0.2, 0) is 5.41 Å². The van der Waals surface area contributed by atoms with Gasteiger partial charge in [0.15, 0.2) is 0 Å². The Morgan fingerprint density at radius 2 is 1.61 bits per heavy atom. The zero-order chi connectivity index (χ0) is 22.7. The molecule has 0 radical (unpaired) electrons. The van der Waals surface area contributed by atoms with Gasteiger partial charge in [-0.05, 0) is 72.5 Å². The van der Waals surface area contributed by atoms with Gasteiger partial charge in [-0.15, -0.1) is 0 Å². The molecule has 3 aliphatic carbocycles. The molecule has 0 heterocycles. The van der Waals surface area contributed by atoms with Crippen molar-refractivity contribution in [1.29, 1.82) is 0 Å². The van der Waals surface area contributed by atoms with Crippen LogP contribution < -0.4 is 10.0 Å². The lowest BCUT2D eigenvalue weighted by molar-refractivity contribution is -0.336. The number of benzene rings is 2. The molecule has 31 heavy (non-hydrogen) atoms. The summed E-state index contributed by atoms with van der Waals surface area (Å²) in [5.41, 5.74) is -0.757. The Kier molecular flexibility index (Phi) is 5.07. The van der Waals surface area contributed by atoms with Crippen molar-refractivity contribution in [2.24, 2.45) is 5.41 Å². The predicted molar refractivity (Wildman–Crippen MR) is 114 cm³/mol. The van der Waals surface area contributed by atoms with Crippen LogP contribution in [0.15, 0.2) is 47.4 Å². The minimum absolute atomic E-state index is 0.0244. The molecule has 2 N–H and O–H groups in total. The molecule has 8 heteroatoms. The summed E-state index contributed by atoms with van der Waals surface area (Å²) in [4.78, 5) is 13.7. The topological polar surface area (TPSA) is 41.1 Å². The van der Waals surface area contributed by atoms with E-state index in [9.17, 15) is 22.4 Å². The summed E-state index contributed by atoms with van der Waals surface area (Å²) in [5, 5.41) is 2.74. The van der Waals surface area contributed by atoms with Crippen molar-refractivity contribution in [3.63, 3.8) is 0 Å². The number of carbonyl (C=O) groups is 1. The lowest BCUT2D eigenvalue weighted by Gasteiger charge is -2.70. The van der Waals surface area contributed by atoms with E-state index in [0.717, 1.165) is 4.90 Å². The minimum atomic E-state index is -4.23. The second-order valence-corrected chi connectivity index (χ2v) is 10.6. The summed E-state index contributed by atoms with van der Waals surface area (Å²) < 4.78 is 56.0. The van der Waals surface area contributed by atoms with Gasteiger partial charge in [-0.25, -0.2) is 4.39 Å². The lowest BCUT2D eigenvalue weighted by Crippen LogP contribution is -2.78. The van der Waals surface area contributed by atoms with Crippen molar-refractivity contribution < 1.29 is 22.4 Å². The maximum atomic E-state index is 13.8. The second kappa shape index (κ2) is 7.15. The third kappa shape index (κ3) is 4.02. The first kappa shape index (κ1) is 22.0. The first-order chi connectivity index (χ1) is 14.3. The Labute approximate surface area is 183 Å². The molecule has 0 saturated heterocycles. The summed E-state index contributed by atoms with van der Waals surface area (Å²) >= 11 is 1.24. The van der Waals surface area contributed by atoms with Crippen LogP contribution in [0.25, 0.3) is 0 Å². The molecule has 5 rings (SSSR count). The fraction of sp³-hybridized carbons (Fsp3) is 0.435. The normalized spacial score (nSPS) is 24.7. The maximum absolute atomic E-state index is 13.8. The fourth-order valence-electron chi connectivity index (χ4n) is 4.47. The van der Waals surface area contributed by atoms with Crippen molar-refractivity contribution in [3.8, 4) is 0 Å². The first-order valence-electron chi connectivity index (χ1n) is 10.0. The van der Waals surface area contributed by atoms with Crippen molar-refractivity contribution >= 4 is 23.5 Å². The van der Waals surface area contributed by atoms with Crippen LogP contribution >= 0.6 is 11.9 Å². The molecule has 0 atom stereocenters.